The lowest BCUT2D eigenvalue weighted by molar-refractivity contribution is -0.146. The van der Waals surface area contributed by atoms with Crippen molar-refractivity contribution < 1.29 is 17.7 Å². The van der Waals surface area contributed by atoms with Crippen molar-refractivity contribution in [3.63, 3.8) is 0 Å². The highest BCUT2D eigenvalue weighted by Crippen LogP contribution is 2.28. The van der Waals surface area contributed by atoms with E-state index in [2.05, 4.69) is 15.0 Å². The number of piperazine rings is 1. The molecule has 1 saturated heterocycles. The van der Waals surface area contributed by atoms with Gasteiger partial charge in [0, 0.05) is 31.9 Å². The van der Waals surface area contributed by atoms with Crippen LogP contribution < -0.4 is 9.80 Å². The summed E-state index contributed by atoms with van der Waals surface area (Å²) in [5.41, 5.74) is 1.10. The lowest BCUT2D eigenvalue weighted by Crippen LogP contribution is -2.46. The standard InChI is InChI=1S/C13H13F3N4O/c14-13(15,16)11-17-12(21-18-11)20-8-6-19(7-9-20)10-4-2-1-3-5-10/h1-5H,6-9H2. The summed E-state index contributed by atoms with van der Waals surface area (Å²) >= 11 is 0. The third-order valence-corrected chi connectivity index (χ3v) is 3.34. The first kappa shape index (κ1) is 13.7. The molecule has 1 aromatic heterocycles. The fourth-order valence-electron chi connectivity index (χ4n) is 2.25. The minimum absolute atomic E-state index is 0.0740. The van der Waals surface area contributed by atoms with Gasteiger partial charge in [0.2, 0.25) is 0 Å². The van der Waals surface area contributed by atoms with Crippen molar-refractivity contribution in [1.82, 2.24) is 10.1 Å². The molecule has 2 aromatic rings. The Morgan fingerprint density at radius 2 is 1.57 bits per heavy atom. The van der Waals surface area contributed by atoms with Crippen LogP contribution in [0.2, 0.25) is 0 Å². The lowest BCUT2D eigenvalue weighted by atomic mass is 10.2. The Bertz CT molecular complexity index is 591. The van der Waals surface area contributed by atoms with Crippen LogP contribution in [0.15, 0.2) is 34.9 Å². The molecule has 3 rings (SSSR count). The number of hydrogen-bond acceptors (Lipinski definition) is 5. The monoisotopic (exact) mass is 298 g/mol. The highest BCUT2D eigenvalue weighted by Gasteiger charge is 2.38. The van der Waals surface area contributed by atoms with Crippen LogP contribution in [-0.4, -0.2) is 36.3 Å². The van der Waals surface area contributed by atoms with Gasteiger partial charge in [-0.3, -0.25) is 0 Å². The van der Waals surface area contributed by atoms with Gasteiger partial charge >= 0.3 is 12.2 Å². The Morgan fingerprint density at radius 1 is 0.952 bits per heavy atom. The molecular formula is C13H13F3N4O. The van der Waals surface area contributed by atoms with Gasteiger partial charge in [0.05, 0.1) is 0 Å². The molecule has 1 aliphatic rings. The van der Waals surface area contributed by atoms with E-state index in [1.807, 2.05) is 30.3 Å². The summed E-state index contributed by atoms with van der Waals surface area (Å²) in [6, 6.07) is 9.78. The van der Waals surface area contributed by atoms with Crippen molar-refractivity contribution in [3.05, 3.63) is 36.2 Å². The second kappa shape index (κ2) is 5.27. The van der Waals surface area contributed by atoms with Gasteiger partial charge in [-0.2, -0.15) is 18.2 Å². The van der Waals surface area contributed by atoms with Crippen molar-refractivity contribution >= 4 is 11.7 Å². The molecule has 5 nitrogen and oxygen atoms in total. The van der Waals surface area contributed by atoms with E-state index >= 15 is 0 Å². The Kier molecular flexibility index (Phi) is 3.44. The molecule has 0 aliphatic carbocycles. The third-order valence-electron chi connectivity index (χ3n) is 3.34. The topological polar surface area (TPSA) is 45.4 Å². The normalized spacial score (nSPS) is 16.3. The average molecular weight is 298 g/mol. The minimum Gasteiger partial charge on any atom is -0.368 e. The number of para-hydroxylation sites is 1. The van der Waals surface area contributed by atoms with Gasteiger partial charge in [0.25, 0.3) is 5.82 Å². The molecule has 0 saturated carbocycles. The number of nitrogens with zero attached hydrogens (tertiary/aromatic N) is 4. The Balaban J connectivity index is 1.65. The molecule has 1 aromatic carbocycles. The van der Waals surface area contributed by atoms with E-state index in [1.54, 1.807) is 4.90 Å². The van der Waals surface area contributed by atoms with Gasteiger partial charge in [-0.25, -0.2) is 0 Å². The highest BCUT2D eigenvalue weighted by atomic mass is 19.4. The van der Waals surface area contributed by atoms with Gasteiger partial charge in [-0.1, -0.05) is 18.2 Å². The Hall–Kier alpha value is -2.25. The zero-order chi connectivity index (χ0) is 14.9. The quantitative estimate of drug-likeness (QED) is 0.852. The predicted octanol–water partition coefficient (Wildman–Crippen LogP) is 2.42. The molecule has 0 bridgehead atoms. The Labute approximate surface area is 119 Å². The summed E-state index contributed by atoms with van der Waals surface area (Å²) < 4.78 is 42.0. The van der Waals surface area contributed by atoms with E-state index in [-0.39, 0.29) is 6.01 Å². The predicted molar refractivity (Wildman–Crippen MR) is 70.2 cm³/mol. The largest absolute Gasteiger partial charge is 0.455 e. The number of hydrogen-bond donors (Lipinski definition) is 0. The molecule has 0 radical (unpaired) electrons. The average Bonchev–Trinajstić information content (AvgIpc) is 2.98. The number of benzene rings is 1. The summed E-state index contributed by atoms with van der Waals surface area (Å²) in [5, 5.41) is 2.97. The van der Waals surface area contributed by atoms with Crippen LogP contribution in [0.5, 0.6) is 0 Å². The first-order chi connectivity index (χ1) is 10.0. The molecule has 1 fully saturated rings. The molecule has 1 aliphatic heterocycles. The number of halogens is 3. The lowest BCUT2D eigenvalue weighted by Gasteiger charge is -2.34. The van der Waals surface area contributed by atoms with E-state index in [4.69, 9.17) is 4.52 Å². The maximum atomic E-state index is 12.4. The molecule has 2 heterocycles. The molecule has 0 amide bonds. The van der Waals surface area contributed by atoms with Gasteiger partial charge in [-0.05, 0) is 17.3 Å². The van der Waals surface area contributed by atoms with E-state index < -0.39 is 12.0 Å². The summed E-state index contributed by atoms with van der Waals surface area (Å²) in [6.07, 6.45) is -4.58. The molecule has 112 valence electrons. The van der Waals surface area contributed by atoms with Crippen LogP contribution in [0.3, 0.4) is 0 Å². The highest BCUT2D eigenvalue weighted by molar-refractivity contribution is 5.47. The summed E-state index contributed by atoms with van der Waals surface area (Å²) in [6.45, 7) is 2.45. The van der Waals surface area contributed by atoms with Crippen molar-refractivity contribution in [2.24, 2.45) is 0 Å². The fraction of sp³-hybridized carbons (Fsp3) is 0.385. The molecule has 0 atom stereocenters. The summed E-state index contributed by atoms with van der Waals surface area (Å²) in [5.74, 6) is -1.23. The molecule has 0 N–H and O–H groups in total. The second-order valence-electron chi connectivity index (χ2n) is 4.71. The number of aromatic nitrogens is 2. The van der Waals surface area contributed by atoms with Crippen LogP contribution in [0, 0.1) is 0 Å². The zero-order valence-electron chi connectivity index (χ0n) is 11.0. The van der Waals surface area contributed by atoms with Crippen molar-refractivity contribution in [2.75, 3.05) is 36.0 Å². The van der Waals surface area contributed by atoms with Gasteiger partial charge in [0.15, 0.2) is 0 Å². The van der Waals surface area contributed by atoms with E-state index in [0.717, 1.165) is 5.69 Å². The van der Waals surface area contributed by atoms with Crippen molar-refractivity contribution in [3.8, 4) is 0 Å². The first-order valence-electron chi connectivity index (χ1n) is 6.50. The van der Waals surface area contributed by atoms with Crippen molar-refractivity contribution in [2.45, 2.75) is 6.18 Å². The van der Waals surface area contributed by atoms with E-state index in [0.29, 0.717) is 26.2 Å². The molecular weight excluding hydrogens is 285 g/mol. The number of rotatable bonds is 2. The van der Waals surface area contributed by atoms with Crippen molar-refractivity contribution in [1.29, 1.82) is 0 Å². The minimum atomic E-state index is -4.58. The molecule has 0 unspecified atom stereocenters. The van der Waals surface area contributed by atoms with Crippen LogP contribution in [-0.2, 0) is 6.18 Å². The van der Waals surface area contributed by atoms with Crippen LogP contribution >= 0.6 is 0 Å². The summed E-state index contributed by atoms with van der Waals surface area (Å²) in [4.78, 5) is 7.24. The smallest absolute Gasteiger partial charge is 0.368 e. The maximum absolute atomic E-state index is 12.4. The maximum Gasteiger partial charge on any atom is 0.455 e. The van der Waals surface area contributed by atoms with Gasteiger partial charge in [0.1, 0.15) is 0 Å². The van der Waals surface area contributed by atoms with Crippen LogP contribution in [0.1, 0.15) is 5.82 Å². The molecule has 8 heteroatoms. The Morgan fingerprint density at radius 3 is 2.14 bits per heavy atom. The van der Waals surface area contributed by atoms with E-state index in [9.17, 15) is 13.2 Å². The third kappa shape index (κ3) is 2.93. The van der Waals surface area contributed by atoms with Crippen LogP contribution in [0.25, 0.3) is 0 Å². The SMILES string of the molecule is FC(F)(F)c1noc(N2CCN(c3ccccc3)CC2)n1. The molecule has 21 heavy (non-hydrogen) atoms. The van der Waals surface area contributed by atoms with Gasteiger partial charge < -0.3 is 14.3 Å². The van der Waals surface area contributed by atoms with Gasteiger partial charge in [-0.15, -0.1) is 0 Å². The fourth-order valence-corrected chi connectivity index (χ4v) is 2.25. The van der Waals surface area contributed by atoms with E-state index in [1.165, 1.54) is 0 Å². The summed E-state index contributed by atoms with van der Waals surface area (Å²) in [7, 11) is 0. The number of alkyl halides is 3. The first-order valence-corrected chi connectivity index (χ1v) is 6.50. The second-order valence-corrected chi connectivity index (χ2v) is 4.71. The van der Waals surface area contributed by atoms with Crippen LogP contribution in [0.4, 0.5) is 24.9 Å². The zero-order valence-corrected chi connectivity index (χ0v) is 11.0. The number of anilines is 2. The molecule has 0 spiro atoms.